The zero-order valence-corrected chi connectivity index (χ0v) is 8.47. The summed E-state index contributed by atoms with van der Waals surface area (Å²) in [5, 5.41) is 0. The van der Waals surface area contributed by atoms with Crippen LogP contribution >= 0.6 is 0 Å². The third-order valence-corrected chi connectivity index (χ3v) is 0.810. The summed E-state index contributed by atoms with van der Waals surface area (Å²) in [5.74, 6) is -0.299. The Hall–Kier alpha value is 0.183. The molecule has 0 heterocycles. The molecule has 0 N–H and O–H groups in total. The van der Waals surface area contributed by atoms with E-state index in [4.69, 9.17) is 0 Å². The summed E-state index contributed by atoms with van der Waals surface area (Å²) in [6, 6.07) is 0. The average Bonchev–Trinajstić information content (AvgIpc) is 1.82. The standard InChI is InChI=1S/C6H9O3.Zr/c1-3-9-6(4-7)5(2)8;/h6H,3H2,1-2H3;. The summed E-state index contributed by atoms with van der Waals surface area (Å²) in [4.78, 5) is 20.2. The molecular formula is C6H9O3Zr. The molecule has 1 atom stereocenters. The van der Waals surface area contributed by atoms with Gasteiger partial charge in [0.2, 0.25) is 6.29 Å². The number of hydrogen-bond acceptors (Lipinski definition) is 3. The summed E-state index contributed by atoms with van der Waals surface area (Å²) in [5.41, 5.74) is 0. The first kappa shape index (κ1) is 12.8. The number of hydrogen-bond donors (Lipinski definition) is 0. The predicted molar refractivity (Wildman–Crippen MR) is 31.8 cm³/mol. The van der Waals surface area contributed by atoms with Gasteiger partial charge in [0.1, 0.15) is 0 Å². The molecule has 0 aromatic heterocycles. The maximum absolute atomic E-state index is 10.4. The largest absolute Gasteiger partial charge is 0.362 e. The van der Waals surface area contributed by atoms with Gasteiger partial charge in [0.05, 0.1) is 0 Å². The van der Waals surface area contributed by atoms with Gasteiger partial charge in [0.15, 0.2) is 11.9 Å². The molecule has 1 unspecified atom stereocenters. The number of ketones is 1. The van der Waals surface area contributed by atoms with Gasteiger partial charge in [-0.25, -0.2) is 0 Å². The minimum Gasteiger partial charge on any atom is -0.362 e. The van der Waals surface area contributed by atoms with Gasteiger partial charge in [-0.05, 0) is 13.8 Å². The molecule has 0 fully saturated rings. The van der Waals surface area contributed by atoms with Gasteiger partial charge in [-0.15, -0.1) is 0 Å². The summed E-state index contributed by atoms with van der Waals surface area (Å²) in [7, 11) is 0. The van der Waals surface area contributed by atoms with Gasteiger partial charge < -0.3 is 4.74 Å². The second kappa shape index (κ2) is 7.29. The van der Waals surface area contributed by atoms with Crippen LogP contribution in [0.2, 0.25) is 0 Å². The van der Waals surface area contributed by atoms with Crippen LogP contribution in [0.1, 0.15) is 13.8 Å². The maximum Gasteiger partial charge on any atom is 0.237 e. The molecule has 1 radical (unpaired) electrons. The number of carbonyl (C=O) groups excluding carboxylic acids is 2. The van der Waals surface area contributed by atoms with Gasteiger partial charge in [-0.2, -0.15) is 0 Å². The molecule has 4 heteroatoms. The molecule has 10 heavy (non-hydrogen) atoms. The van der Waals surface area contributed by atoms with Crippen LogP contribution in [0.4, 0.5) is 0 Å². The van der Waals surface area contributed by atoms with E-state index in [-0.39, 0.29) is 32.0 Å². The minimum atomic E-state index is -0.977. The Labute approximate surface area is 79.2 Å². The number of Topliss-reactive ketones (excluding diaryl/α,β-unsaturated/α-hetero) is 1. The fraction of sp³-hybridized carbons (Fsp3) is 0.667. The molecule has 0 saturated carbocycles. The number of rotatable bonds is 4. The van der Waals surface area contributed by atoms with E-state index in [1.165, 1.54) is 13.2 Å². The first-order valence-corrected chi connectivity index (χ1v) is 2.72. The second-order valence-corrected chi connectivity index (χ2v) is 1.56. The molecule has 0 saturated heterocycles. The van der Waals surface area contributed by atoms with Gasteiger partial charge in [0.25, 0.3) is 0 Å². The van der Waals surface area contributed by atoms with Gasteiger partial charge in [0, 0.05) is 32.8 Å². The van der Waals surface area contributed by atoms with Crippen molar-refractivity contribution < 1.29 is 40.5 Å². The van der Waals surface area contributed by atoms with Crippen molar-refractivity contribution in [3.05, 3.63) is 0 Å². The van der Waals surface area contributed by atoms with Crippen LogP contribution in [0.5, 0.6) is 0 Å². The molecule has 0 bridgehead atoms. The van der Waals surface area contributed by atoms with Crippen LogP contribution in [-0.2, 0) is 40.5 Å². The molecule has 0 aliphatic heterocycles. The molecule has 0 amide bonds. The minimum absolute atomic E-state index is 0. The van der Waals surface area contributed by atoms with E-state index in [0.717, 1.165) is 0 Å². The fourth-order valence-electron chi connectivity index (χ4n) is 0.401. The summed E-state index contributed by atoms with van der Waals surface area (Å²) in [6.07, 6.45) is 0.504. The van der Waals surface area contributed by atoms with Crippen LogP contribution in [0.25, 0.3) is 0 Å². The third kappa shape index (κ3) is 5.01. The molecule has 0 aromatic rings. The molecule has 3 nitrogen and oxygen atoms in total. The van der Waals surface area contributed by atoms with E-state index in [2.05, 4.69) is 4.74 Å². The van der Waals surface area contributed by atoms with E-state index in [1.54, 1.807) is 6.92 Å². The van der Waals surface area contributed by atoms with Crippen LogP contribution in [0.15, 0.2) is 0 Å². The van der Waals surface area contributed by atoms with E-state index >= 15 is 0 Å². The molecule has 0 aromatic carbocycles. The van der Waals surface area contributed by atoms with Gasteiger partial charge in [-0.3, -0.25) is 9.59 Å². The third-order valence-electron chi connectivity index (χ3n) is 0.810. The van der Waals surface area contributed by atoms with Crippen molar-refractivity contribution in [3.63, 3.8) is 0 Å². The zero-order chi connectivity index (χ0) is 7.28. The van der Waals surface area contributed by atoms with Crippen LogP contribution in [0.3, 0.4) is 0 Å². The van der Waals surface area contributed by atoms with Crippen molar-refractivity contribution in [2.45, 2.75) is 20.0 Å². The van der Waals surface area contributed by atoms with Crippen molar-refractivity contribution in [3.8, 4) is 0 Å². The normalized spacial score (nSPS) is 11.4. The Bertz CT molecular complexity index is 114. The Morgan fingerprint density at radius 1 is 1.70 bits per heavy atom. The first-order chi connectivity index (χ1) is 4.22. The number of ether oxygens (including phenoxy) is 1. The van der Waals surface area contributed by atoms with Crippen molar-refractivity contribution in [2.24, 2.45) is 0 Å². The molecule has 0 spiro atoms. The second-order valence-electron chi connectivity index (χ2n) is 1.56. The zero-order valence-electron chi connectivity index (χ0n) is 6.01. The van der Waals surface area contributed by atoms with Crippen LogP contribution in [0, 0.1) is 0 Å². The molecule has 0 aliphatic carbocycles. The average molecular weight is 220 g/mol. The van der Waals surface area contributed by atoms with E-state index in [1.807, 2.05) is 0 Å². The molecule has 0 aliphatic rings. The Kier molecular flexibility index (Phi) is 9.35. The van der Waals surface area contributed by atoms with E-state index in [9.17, 15) is 9.59 Å². The maximum atomic E-state index is 10.4. The van der Waals surface area contributed by atoms with Crippen molar-refractivity contribution in [2.75, 3.05) is 6.61 Å². The summed E-state index contributed by atoms with van der Waals surface area (Å²) < 4.78 is 4.68. The number of carbonyl (C=O) groups is 1. The Morgan fingerprint density at radius 2 is 2.20 bits per heavy atom. The van der Waals surface area contributed by atoms with Crippen molar-refractivity contribution in [1.29, 1.82) is 0 Å². The summed E-state index contributed by atoms with van der Waals surface area (Å²) in [6.45, 7) is 3.37. The van der Waals surface area contributed by atoms with Gasteiger partial charge in [-0.1, -0.05) is 0 Å². The van der Waals surface area contributed by atoms with Crippen LogP contribution < -0.4 is 0 Å². The Balaban J connectivity index is 0. The molecular weight excluding hydrogens is 211 g/mol. The quantitative estimate of drug-likeness (QED) is 0.631. The first-order valence-electron chi connectivity index (χ1n) is 2.72. The Morgan fingerprint density at radius 3 is 2.30 bits per heavy atom. The van der Waals surface area contributed by atoms with Crippen LogP contribution in [-0.4, -0.2) is 24.8 Å². The smallest absolute Gasteiger partial charge is 0.237 e. The van der Waals surface area contributed by atoms with Gasteiger partial charge >= 0.3 is 0 Å². The van der Waals surface area contributed by atoms with E-state index in [0.29, 0.717) is 6.61 Å². The SMILES string of the molecule is CCOC([C]=O)C(C)=O.[Zr]. The fourth-order valence-corrected chi connectivity index (χ4v) is 0.401. The predicted octanol–water partition coefficient (Wildman–Crippen LogP) is 0.0877. The molecule has 0 rings (SSSR count). The topological polar surface area (TPSA) is 43.4 Å². The van der Waals surface area contributed by atoms with E-state index < -0.39 is 6.10 Å². The monoisotopic (exact) mass is 219 g/mol. The van der Waals surface area contributed by atoms with Crippen molar-refractivity contribution >= 4 is 12.1 Å². The molecule has 55 valence electrons. The summed E-state index contributed by atoms with van der Waals surface area (Å²) >= 11 is 0. The van der Waals surface area contributed by atoms with Crippen molar-refractivity contribution in [1.82, 2.24) is 0 Å².